The van der Waals surface area contributed by atoms with Gasteiger partial charge in [0.1, 0.15) is 30.5 Å². The number of carbonyl (C=O) groups is 1. The molecule has 0 saturated carbocycles. The van der Waals surface area contributed by atoms with Gasteiger partial charge in [-0.05, 0) is 76.6 Å². The Morgan fingerprint density at radius 2 is 1.82 bits per heavy atom. The average molecular weight is 625 g/mol. The Bertz CT molecular complexity index is 1750. The topological polar surface area (TPSA) is 200 Å². The highest BCUT2D eigenvalue weighted by Crippen LogP contribution is 2.49. The number of rotatable bonds is 5. The van der Waals surface area contributed by atoms with Gasteiger partial charge in [-0.15, -0.1) is 0 Å². The fourth-order valence-electron chi connectivity index (χ4n) is 6.10. The molecule has 1 aromatic carbocycles. The Balaban J connectivity index is 0.000000192. The standard InChI is InChI=1S/C17H20N4O6.C15H20O3/c1-7-3-9-10(4-8(7)2)21(5-11(23)14(25)12(24)6-22)15-13(18-9)16(26)20-17(27)19-15;1-9-5-4-8-15(3)13(18-15)12-11(7-6-9)10(2)14(16)17-12/h3-4,11-12,14,22-25H,5-6H2,1-2H3,(H,20,26,27);5,11-13H,2,4,6-8H2,1,3H3/b;9-5+/t11-,12+,14-;11-,12-,13-,15+/m00/s1. The minimum absolute atomic E-state index is 0.0516. The first-order chi connectivity index (χ1) is 21.2. The van der Waals surface area contributed by atoms with Gasteiger partial charge >= 0.3 is 11.7 Å². The van der Waals surface area contributed by atoms with Crippen molar-refractivity contribution in [1.82, 2.24) is 19.5 Å². The third kappa shape index (κ3) is 6.49. The summed E-state index contributed by atoms with van der Waals surface area (Å²) in [6.07, 6.45) is 1.57. The molecule has 4 heterocycles. The number of aromatic nitrogens is 4. The molecule has 45 heavy (non-hydrogen) atoms. The number of hydrogen-bond donors (Lipinski definition) is 5. The third-order valence-electron chi connectivity index (χ3n) is 9.14. The first-order valence-corrected chi connectivity index (χ1v) is 15.0. The first kappa shape index (κ1) is 32.6. The van der Waals surface area contributed by atoms with Crippen LogP contribution in [0.15, 0.2) is 45.5 Å². The van der Waals surface area contributed by atoms with Gasteiger partial charge in [-0.1, -0.05) is 18.2 Å². The van der Waals surface area contributed by atoms with Crippen LogP contribution in [0.1, 0.15) is 50.7 Å². The van der Waals surface area contributed by atoms with Crippen molar-refractivity contribution in [3.63, 3.8) is 0 Å². The summed E-state index contributed by atoms with van der Waals surface area (Å²) in [5, 5.41) is 38.8. The number of ether oxygens (including phenoxy) is 2. The molecule has 0 bridgehead atoms. The molecule has 7 atom stereocenters. The molecular weight excluding hydrogens is 584 g/mol. The summed E-state index contributed by atoms with van der Waals surface area (Å²) in [5.74, 6) is -0.154. The van der Waals surface area contributed by atoms with E-state index in [1.807, 2.05) is 13.8 Å². The predicted octanol–water partition coefficient (Wildman–Crippen LogP) is 1.04. The van der Waals surface area contributed by atoms with Gasteiger partial charge in [0.25, 0.3) is 5.56 Å². The number of hydrogen-bond acceptors (Lipinski definition) is 11. The summed E-state index contributed by atoms with van der Waals surface area (Å²) in [4.78, 5) is 45.7. The molecule has 4 aliphatic heterocycles. The molecule has 2 saturated heterocycles. The summed E-state index contributed by atoms with van der Waals surface area (Å²) in [6.45, 7) is 10.9. The SMILES string of the molecule is C=C1C(=O)O[C@H]2[C@H]1CC/C(C)=C/CC[C@@]1(C)O[C@@H]21.Cc1cc2nc3c(=O)[nH]c(=O)nc-3n(C[C@H](O)[C@H](O)[C@H](O)CO)c2cc1C. The second-order valence-corrected chi connectivity index (χ2v) is 12.5. The number of carbonyl (C=O) groups excluding carboxylic acids is 1. The number of aryl methyl sites for hydroxylation is 2. The molecule has 0 aromatic heterocycles. The van der Waals surface area contributed by atoms with Crippen LogP contribution in [0.3, 0.4) is 0 Å². The summed E-state index contributed by atoms with van der Waals surface area (Å²) < 4.78 is 12.7. The van der Waals surface area contributed by atoms with E-state index in [2.05, 4.69) is 41.5 Å². The molecule has 242 valence electrons. The van der Waals surface area contributed by atoms with E-state index in [-0.39, 0.29) is 47.8 Å². The smallest absolute Gasteiger partial charge is 0.349 e. The Hall–Kier alpha value is -3.75. The molecule has 0 radical (unpaired) electrons. The highest BCUT2D eigenvalue weighted by molar-refractivity contribution is 5.91. The van der Waals surface area contributed by atoms with Crippen molar-refractivity contribution >= 4 is 17.0 Å². The average Bonchev–Trinajstić information content (AvgIpc) is 3.58. The predicted molar refractivity (Wildman–Crippen MR) is 164 cm³/mol. The van der Waals surface area contributed by atoms with Gasteiger partial charge < -0.3 is 34.5 Å². The molecule has 1 aliphatic carbocycles. The Morgan fingerprint density at radius 3 is 2.53 bits per heavy atom. The van der Waals surface area contributed by atoms with E-state index in [0.29, 0.717) is 16.6 Å². The zero-order valence-electron chi connectivity index (χ0n) is 25.8. The van der Waals surface area contributed by atoms with E-state index >= 15 is 0 Å². The number of fused-ring (bicyclic) bond motifs is 5. The van der Waals surface area contributed by atoms with Crippen molar-refractivity contribution < 1.29 is 34.7 Å². The van der Waals surface area contributed by atoms with Gasteiger partial charge in [0, 0.05) is 11.5 Å². The lowest BCUT2D eigenvalue weighted by molar-refractivity contribution is -0.140. The Kier molecular flexibility index (Phi) is 9.11. The fourth-order valence-corrected chi connectivity index (χ4v) is 6.10. The van der Waals surface area contributed by atoms with E-state index in [1.54, 1.807) is 12.1 Å². The molecule has 0 spiro atoms. The molecule has 6 rings (SSSR count). The summed E-state index contributed by atoms with van der Waals surface area (Å²) in [6, 6.07) is 3.53. The van der Waals surface area contributed by atoms with Crippen LogP contribution in [0.5, 0.6) is 0 Å². The molecule has 2 fully saturated rings. The normalized spacial score (nSPS) is 27.7. The van der Waals surface area contributed by atoms with Gasteiger partial charge in [0.15, 0.2) is 11.5 Å². The minimum atomic E-state index is -1.64. The van der Waals surface area contributed by atoms with Crippen molar-refractivity contribution in [2.75, 3.05) is 6.61 Å². The zero-order chi connectivity index (χ0) is 32.8. The quantitative estimate of drug-likeness (QED) is 0.0893. The van der Waals surface area contributed by atoms with E-state index in [0.717, 1.165) is 36.8 Å². The number of H-pyrrole nitrogens is 1. The Labute approximate surface area is 259 Å². The summed E-state index contributed by atoms with van der Waals surface area (Å²) >= 11 is 0. The molecule has 0 amide bonds. The molecule has 13 nitrogen and oxygen atoms in total. The number of allylic oxidation sites excluding steroid dienone is 2. The highest BCUT2D eigenvalue weighted by atomic mass is 16.6. The largest absolute Gasteiger partial charge is 0.455 e. The molecule has 5 N–H and O–H groups in total. The van der Waals surface area contributed by atoms with Crippen LogP contribution in [0, 0.1) is 19.8 Å². The first-order valence-electron chi connectivity index (χ1n) is 15.0. The minimum Gasteiger partial charge on any atom is -0.455 e. The van der Waals surface area contributed by atoms with Crippen molar-refractivity contribution in [3.8, 4) is 11.5 Å². The zero-order valence-corrected chi connectivity index (χ0v) is 25.8. The second-order valence-electron chi connectivity index (χ2n) is 12.5. The van der Waals surface area contributed by atoms with Gasteiger partial charge in [0.05, 0.1) is 29.8 Å². The lowest BCUT2D eigenvalue weighted by atomic mass is 9.84. The number of esters is 1. The van der Waals surface area contributed by atoms with Crippen molar-refractivity contribution in [2.45, 2.75) is 96.0 Å². The molecule has 5 aliphatic rings. The monoisotopic (exact) mass is 624 g/mol. The maximum atomic E-state index is 12.2. The molecule has 1 aromatic rings. The van der Waals surface area contributed by atoms with Crippen molar-refractivity contribution in [2.24, 2.45) is 5.92 Å². The lowest BCUT2D eigenvalue weighted by Crippen LogP contribution is -2.42. The van der Waals surface area contributed by atoms with Crippen LogP contribution >= 0.6 is 0 Å². The molecule has 13 heteroatoms. The van der Waals surface area contributed by atoms with Gasteiger partial charge in [-0.2, -0.15) is 4.98 Å². The van der Waals surface area contributed by atoms with Crippen LogP contribution < -0.4 is 11.2 Å². The van der Waals surface area contributed by atoms with Crippen LogP contribution in [0.2, 0.25) is 0 Å². The third-order valence-corrected chi connectivity index (χ3v) is 9.14. The van der Waals surface area contributed by atoms with E-state index in [1.165, 1.54) is 10.1 Å². The highest BCUT2D eigenvalue weighted by Gasteiger charge is 2.61. The Morgan fingerprint density at radius 1 is 1.11 bits per heavy atom. The van der Waals surface area contributed by atoms with Gasteiger partial charge in [0.2, 0.25) is 0 Å². The van der Waals surface area contributed by atoms with E-state index < -0.39 is 36.2 Å². The summed E-state index contributed by atoms with van der Waals surface area (Å²) in [7, 11) is 0. The van der Waals surface area contributed by atoms with Crippen LogP contribution in [-0.2, 0) is 20.8 Å². The number of nitrogens with one attached hydrogen (secondary N) is 1. The van der Waals surface area contributed by atoms with E-state index in [9.17, 15) is 29.7 Å². The summed E-state index contributed by atoms with van der Waals surface area (Å²) in [5.41, 5.74) is 3.03. The number of aliphatic hydroxyl groups is 4. The second kappa shape index (κ2) is 12.6. The fraction of sp³-hybridized carbons (Fsp3) is 0.531. The lowest BCUT2D eigenvalue weighted by Gasteiger charge is -2.25. The van der Waals surface area contributed by atoms with Crippen LogP contribution in [0.4, 0.5) is 0 Å². The van der Waals surface area contributed by atoms with Crippen molar-refractivity contribution in [3.05, 3.63) is 67.9 Å². The number of aliphatic hydroxyl groups excluding tert-OH is 4. The van der Waals surface area contributed by atoms with Gasteiger partial charge in [-0.3, -0.25) is 9.78 Å². The van der Waals surface area contributed by atoms with E-state index in [4.69, 9.17) is 14.6 Å². The van der Waals surface area contributed by atoms with Crippen LogP contribution in [-0.4, -0.2) is 88.6 Å². The number of benzene rings is 1. The van der Waals surface area contributed by atoms with Gasteiger partial charge in [-0.25, -0.2) is 14.6 Å². The number of epoxide rings is 1. The van der Waals surface area contributed by atoms with Crippen molar-refractivity contribution in [1.29, 1.82) is 0 Å². The maximum Gasteiger partial charge on any atom is 0.349 e. The number of nitrogens with zero attached hydrogens (tertiary/aromatic N) is 3. The van der Waals surface area contributed by atoms with Crippen LogP contribution in [0.25, 0.3) is 22.6 Å². The number of aromatic amines is 1. The maximum absolute atomic E-state index is 12.2. The molecular formula is C32H40N4O9. The molecule has 0 unspecified atom stereocenters.